The van der Waals surface area contributed by atoms with Crippen LogP contribution in [0.1, 0.15) is 19.4 Å². The standard InChI is InChI=1S/C14H23BrN2O/c1-14(2,9-16)10-17-7-6-11-8-12(15)4-5-13(11)18-3/h4-5,8,17H,6-7,9-10,16H2,1-3H3. The molecule has 0 bridgehead atoms. The Kier molecular flexibility index (Phi) is 6.12. The fourth-order valence-corrected chi connectivity index (χ4v) is 2.07. The zero-order valence-electron chi connectivity index (χ0n) is 11.4. The van der Waals surface area contributed by atoms with Gasteiger partial charge in [-0.3, -0.25) is 0 Å². The van der Waals surface area contributed by atoms with E-state index in [2.05, 4.69) is 41.2 Å². The largest absolute Gasteiger partial charge is 0.496 e. The molecule has 0 saturated heterocycles. The molecule has 0 amide bonds. The molecule has 18 heavy (non-hydrogen) atoms. The zero-order chi connectivity index (χ0) is 13.6. The number of benzene rings is 1. The normalized spacial score (nSPS) is 11.6. The van der Waals surface area contributed by atoms with E-state index in [1.807, 2.05) is 12.1 Å². The summed E-state index contributed by atoms with van der Waals surface area (Å²) in [6.45, 7) is 6.88. The summed E-state index contributed by atoms with van der Waals surface area (Å²) in [4.78, 5) is 0. The molecular weight excluding hydrogens is 292 g/mol. The first-order chi connectivity index (χ1) is 8.48. The number of nitrogens with two attached hydrogens (primary N) is 1. The van der Waals surface area contributed by atoms with Crippen molar-refractivity contribution in [3.05, 3.63) is 28.2 Å². The maximum absolute atomic E-state index is 5.70. The molecule has 1 aromatic carbocycles. The monoisotopic (exact) mass is 314 g/mol. The van der Waals surface area contributed by atoms with E-state index in [4.69, 9.17) is 10.5 Å². The second-order valence-corrected chi connectivity index (χ2v) is 6.17. The van der Waals surface area contributed by atoms with Crippen LogP contribution >= 0.6 is 15.9 Å². The van der Waals surface area contributed by atoms with E-state index in [1.54, 1.807) is 7.11 Å². The molecule has 1 aromatic rings. The van der Waals surface area contributed by atoms with Crippen LogP contribution < -0.4 is 15.8 Å². The topological polar surface area (TPSA) is 47.3 Å². The molecule has 3 nitrogen and oxygen atoms in total. The lowest BCUT2D eigenvalue weighted by molar-refractivity contribution is 0.352. The molecule has 0 unspecified atom stereocenters. The van der Waals surface area contributed by atoms with E-state index in [-0.39, 0.29) is 5.41 Å². The minimum absolute atomic E-state index is 0.154. The van der Waals surface area contributed by atoms with E-state index in [0.29, 0.717) is 6.54 Å². The molecule has 0 atom stereocenters. The fraction of sp³-hybridized carbons (Fsp3) is 0.571. The molecule has 0 radical (unpaired) electrons. The van der Waals surface area contributed by atoms with Crippen molar-refractivity contribution < 1.29 is 4.74 Å². The van der Waals surface area contributed by atoms with Crippen LogP contribution in [0.25, 0.3) is 0 Å². The predicted octanol–water partition coefficient (Wildman–Crippen LogP) is 2.57. The van der Waals surface area contributed by atoms with Crippen LogP contribution in [0.4, 0.5) is 0 Å². The molecule has 4 heteroatoms. The molecule has 102 valence electrons. The van der Waals surface area contributed by atoms with Gasteiger partial charge >= 0.3 is 0 Å². The number of rotatable bonds is 7. The smallest absolute Gasteiger partial charge is 0.122 e. The molecule has 3 N–H and O–H groups in total. The highest BCUT2D eigenvalue weighted by Crippen LogP contribution is 2.23. The highest BCUT2D eigenvalue weighted by atomic mass is 79.9. The van der Waals surface area contributed by atoms with Crippen molar-refractivity contribution in [1.29, 1.82) is 0 Å². The maximum Gasteiger partial charge on any atom is 0.122 e. The van der Waals surface area contributed by atoms with E-state index in [0.717, 1.165) is 29.7 Å². The molecule has 0 aliphatic rings. The van der Waals surface area contributed by atoms with E-state index >= 15 is 0 Å². The van der Waals surface area contributed by atoms with Crippen molar-refractivity contribution >= 4 is 15.9 Å². The predicted molar refractivity (Wildman–Crippen MR) is 80.1 cm³/mol. The van der Waals surface area contributed by atoms with Gasteiger partial charge < -0.3 is 15.8 Å². The van der Waals surface area contributed by atoms with Gasteiger partial charge in [0.2, 0.25) is 0 Å². The van der Waals surface area contributed by atoms with E-state index in [1.165, 1.54) is 5.56 Å². The van der Waals surface area contributed by atoms with Crippen molar-refractivity contribution in [2.45, 2.75) is 20.3 Å². The number of nitrogens with one attached hydrogen (secondary N) is 1. The Morgan fingerprint density at radius 3 is 2.72 bits per heavy atom. The summed E-state index contributed by atoms with van der Waals surface area (Å²) in [6, 6.07) is 6.09. The fourth-order valence-electron chi connectivity index (χ4n) is 1.66. The van der Waals surface area contributed by atoms with Crippen molar-refractivity contribution in [3.63, 3.8) is 0 Å². The summed E-state index contributed by atoms with van der Waals surface area (Å²) in [5.74, 6) is 0.943. The Morgan fingerprint density at radius 2 is 2.11 bits per heavy atom. The first-order valence-electron chi connectivity index (χ1n) is 6.22. The molecule has 0 aromatic heterocycles. The molecule has 0 spiro atoms. The summed E-state index contributed by atoms with van der Waals surface area (Å²) < 4.78 is 6.43. The lowest BCUT2D eigenvalue weighted by Gasteiger charge is -2.22. The second-order valence-electron chi connectivity index (χ2n) is 5.25. The highest BCUT2D eigenvalue weighted by molar-refractivity contribution is 9.10. The Balaban J connectivity index is 2.46. The van der Waals surface area contributed by atoms with Crippen LogP contribution in [-0.2, 0) is 6.42 Å². The summed E-state index contributed by atoms with van der Waals surface area (Å²) in [6.07, 6.45) is 0.948. The minimum atomic E-state index is 0.154. The van der Waals surface area contributed by atoms with Crippen LogP contribution in [0, 0.1) is 5.41 Å². The summed E-state index contributed by atoms with van der Waals surface area (Å²) in [7, 11) is 1.71. The van der Waals surface area contributed by atoms with Gasteiger partial charge in [-0.1, -0.05) is 29.8 Å². The van der Waals surface area contributed by atoms with Gasteiger partial charge in [0, 0.05) is 11.0 Å². The lowest BCUT2D eigenvalue weighted by atomic mass is 9.94. The maximum atomic E-state index is 5.70. The number of halogens is 1. The number of methoxy groups -OCH3 is 1. The summed E-state index contributed by atoms with van der Waals surface area (Å²) in [5, 5.41) is 3.44. The number of hydrogen-bond donors (Lipinski definition) is 2. The van der Waals surface area contributed by atoms with Crippen LogP contribution in [0.3, 0.4) is 0 Å². The van der Waals surface area contributed by atoms with Gasteiger partial charge in [-0.25, -0.2) is 0 Å². The molecular formula is C14H23BrN2O. The van der Waals surface area contributed by atoms with Crippen molar-refractivity contribution in [2.24, 2.45) is 11.1 Å². The molecule has 0 fully saturated rings. The van der Waals surface area contributed by atoms with Crippen LogP contribution in [0.15, 0.2) is 22.7 Å². The van der Waals surface area contributed by atoms with Gasteiger partial charge in [-0.05, 0) is 48.7 Å². The first kappa shape index (κ1) is 15.5. The number of ether oxygens (including phenoxy) is 1. The van der Waals surface area contributed by atoms with Crippen molar-refractivity contribution in [3.8, 4) is 5.75 Å². The summed E-state index contributed by atoms with van der Waals surface area (Å²) in [5.41, 5.74) is 7.07. The summed E-state index contributed by atoms with van der Waals surface area (Å²) >= 11 is 3.48. The quantitative estimate of drug-likeness (QED) is 0.760. The zero-order valence-corrected chi connectivity index (χ0v) is 13.0. The molecule has 0 saturated carbocycles. The van der Waals surface area contributed by atoms with E-state index < -0.39 is 0 Å². The van der Waals surface area contributed by atoms with Crippen LogP contribution in [-0.4, -0.2) is 26.7 Å². The van der Waals surface area contributed by atoms with Gasteiger partial charge in [-0.15, -0.1) is 0 Å². The Bertz CT molecular complexity index is 380. The van der Waals surface area contributed by atoms with Gasteiger partial charge in [0.05, 0.1) is 7.11 Å². The molecule has 0 aliphatic carbocycles. The van der Waals surface area contributed by atoms with Gasteiger partial charge in [0.1, 0.15) is 5.75 Å². The second kappa shape index (κ2) is 7.12. The van der Waals surface area contributed by atoms with Gasteiger partial charge in [0.15, 0.2) is 0 Å². The highest BCUT2D eigenvalue weighted by Gasteiger charge is 2.14. The first-order valence-corrected chi connectivity index (χ1v) is 7.01. The Labute approximate surface area is 118 Å². The van der Waals surface area contributed by atoms with Crippen LogP contribution in [0.5, 0.6) is 5.75 Å². The van der Waals surface area contributed by atoms with Crippen molar-refractivity contribution in [1.82, 2.24) is 5.32 Å². The SMILES string of the molecule is COc1ccc(Br)cc1CCNCC(C)(C)CN. The van der Waals surface area contributed by atoms with Gasteiger partial charge in [-0.2, -0.15) is 0 Å². The minimum Gasteiger partial charge on any atom is -0.496 e. The lowest BCUT2D eigenvalue weighted by Crippen LogP contribution is -2.36. The number of hydrogen-bond acceptors (Lipinski definition) is 3. The third-order valence-electron chi connectivity index (χ3n) is 2.97. The van der Waals surface area contributed by atoms with Crippen molar-refractivity contribution in [2.75, 3.05) is 26.7 Å². The Hall–Kier alpha value is -0.580. The molecule has 1 rings (SSSR count). The van der Waals surface area contributed by atoms with E-state index in [9.17, 15) is 0 Å². The molecule has 0 heterocycles. The average Bonchev–Trinajstić information content (AvgIpc) is 2.35. The third kappa shape index (κ3) is 4.96. The molecule has 0 aliphatic heterocycles. The van der Waals surface area contributed by atoms with Gasteiger partial charge in [0.25, 0.3) is 0 Å². The average molecular weight is 315 g/mol. The third-order valence-corrected chi connectivity index (χ3v) is 3.46. The Morgan fingerprint density at radius 1 is 1.39 bits per heavy atom. The van der Waals surface area contributed by atoms with Crippen LogP contribution in [0.2, 0.25) is 0 Å².